The van der Waals surface area contributed by atoms with Gasteiger partial charge in [0, 0.05) is 38.6 Å². The van der Waals surface area contributed by atoms with Crippen molar-refractivity contribution < 1.29 is 14.1 Å². The Morgan fingerprint density at radius 2 is 2.17 bits per heavy atom. The molecule has 0 amide bonds. The third kappa shape index (κ3) is 5.75. The average Bonchev–Trinajstić information content (AvgIpc) is 2.70. The van der Waals surface area contributed by atoms with Crippen LogP contribution in [0.5, 0.6) is 0 Å². The number of aliphatic carboxylic acids is 1. The summed E-state index contributed by atoms with van der Waals surface area (Å²) in [6, 6.07) is 3.82. The van der Waals surface area contributed by atoms with Crippen molar-refractivity contribution in [3.8, 4) is 0 Å². The molecular formula is C12H19NO3S2. The molecule has 18 heavy (non-hydrogen) atoms. The maximum atomic E-state index is 11.1. The summed E-state index contributed by atoms with van der Waals surface area (Å²) in [7, 11) is -0.764. The summed E-state index contributed by atoms with van der Waals surface area (Å²) in [4.78, 5) is 12.6. The van der Waals surface area contributed by atoms with E-state index >= 15 is 0 Å². The number of carbonyl (C=O) groups is 1. The zero-order chi connectivity index (χ0) is 13.5. The molecule has 1 heterocycles. The minimum Gasteiger partial charge on any atom is -0.481 e. The van der Waals surface area contributed by atoms with Crippen molar-refractivity contribution in [2.45, 2.75) is 31.6 Å². The highest BCUT2D eigenvalue weighted by atomic mass is 32.2. The van der Waals surface area contributed by atoms with E-state index < -0.39 is 16.8 Å². The lowest BCUT2D eigenvalue weighted by molar-refractivity contribution is -0.136. The maximum absolute atomic E-state index is 11.1. The number of hydrogen-bond acceptors (Lipinski definition) is 4. The molecule has 0 spiro atoms. The zero-order valence-corrected chi connectivity index (χ0v) is 12.3. The van der Waals surface area contributed by atoms with E-state index in [2.05, 4.69) is 5.32 Å². The van der Waals surface area contributed by atoms with Gasteiger partial charge in [0.15, 0.2) is 0 Å². The first kappa shape index (κ1) is 15.3. The Morgan fingerprint density at radius 1 is 1.50 bits per heavy atom. The summed E-state index contributed by atoms with van der Waals surface area (Å²) in [6.45, 7) is 3.55. The minimum absolute atomic E-state index is 0.0938. The number of rotatable bonds is 8. The van der Waals surface area contributed by atoms with Crippen LogP contribution in [0.3, 0.4) is 0 Å². The van der Waals surface area contributed by atoms with Crippen molar-refractivity contribution >= 4 is 28.1 Å². The fraction of sp³-hybridized carbons (Fsp3) is 0.583. The molecule has 2 unspecified atom stereocenters. The predicted octanol–water partition coefficient (Wildman–Crippen LogP) is 1.62. The monoisotopic (exact) mass is 289 g/mol. The van der Waals surface area contributed by atoms with Gasteiger partial charge in [-0.05, 0) is 25.1 Å². The molecule has 0 radical (unpaired) electrons. The van der Waals surface area contributed by atoms with E-state index in [1.165, 1.54) is 11.3 Å². The molecule has 4 nitrogen and oxygen atoms in total. The Labute approximate surface area is 114 Å². The molecule has 0 aliphatic rings. The van der Waals surface area contributed by atoms with Gasteiger partial charge in [-0.25, -0.2) is 0 Å². The number of thiophene rings is 1. The second kappa shape index (κ2) is 7.66. The van der Waals surface area contributed by atoms with Crippen LogP contribution in [0, 0.1) is 0 Å². The highest BCUT2D eigenvalue weighted by Crippen LogP contribution is 2.16. The number of nitrogens with one attached hydrogen (secondary N) is 1. The molecule has 102 valence electrons. The second-order valence-corrected chi connectivity index (χ2v) is 7.27. The highest BCUT2D eigenvalue weighted by molar-refractivity contribution is 7.84. The molecule has 0 aromatic carbocycles. The van der Waals surface area contributed by atoms with E-state index in [-0.39, 0.29) is 11.7 Å². The number of hydrogen-bond donors (Lipinski definition) is 2. The summed E-state index contributed by atoms with van der Waals surface area (Å²) in [5.41, 5.74) is 0. The van der Waals surface area contributed by atoms with Gasteiger partial charge in [0.05, 0.1) is 6.42 Å². The Morgan fingerprint density at radius 3 is 2.78 bits per heavy atom. The van der Waals surface area contributed by atoms with E-state index in [0.29, 0.717) is 0 Å². The van der Waals surface area contributed by atoms with Gasteiger partial charge >= 0.3 is 5.97 Å². The molecule has 0 fully saturated rings. The molecule has 1 aromatic rings. The molecule has 0 aliphatic heterocycles. The van der Waals surface area contributed by atoms with E-state index in [9.17, 15) is 9.00 Å². The zero-order valence-electron chi connectivity index (χ0n) is 10.6. The van der Waals surface area contributed by atoms with Gasteiger partial charge in [0.1, 0.15) is 0 Å². The molecule has 1 rings (SSSR count). The Hall–Kier alpha value is -0.720. The van der Waals surface area contributed by atoms with Crippen molar-refractivity contribution in [3.05, 3.63) is 21.9 Å². The van der Waals surface area contributed by atoms with Gasteiger partial charge in [-0.15, -0.1) is 11.3 Å². The summed E-state index contributed by atoms with van der Waals surface area (Å²) in [5.74, 6) is -0.796. The van der Waals surface area contributed by atoms with Crippen LogP contribution < -0.4 is 5.32 Å². The van der Waals surface area contributed by atoms with Crippen molar-refractivity contribution in [1.29, 1.82) is 0 Å². The van der Waals surface area contributed by atoms with E-state index in [1.807, 2.05) is 19.1 Å². The maximum Gasteiger partial charge on any atom is 0.308 e. The number of carboxylic acid groups (broad SMARTS) is 1. The fourth-order valence-corrected chi connectivity index (χ4v) is 2.87. The third-order valence-electron chi connectivity index (χ3n) is 2.64. The molecule has 0 saturated carbocycles. The van der Waals surface area contributed by atoms with Crippen molar-refractivity contribution in [1.82, 2.24) is 5.32 Å². The predicted molar refractivity (Wildman–Crippen MR) is 75.5 cm³/mol. The summed E-state index contributed by atoms with van der Waals surface area (Å²) in [6.07, 6.45) is 2.70. The first-order chi connectivity index (χ1) is 8.49. The molecule has 2 atom stereocenters. The molecule has 2 N–H and O–H groups in total. The molecular weight excluding hydrogens is 270 g/mol. The Kier molecular flexibility index (Phi) is 6.52. The van der Waals surface area contributed by atoms with Crippen molar-refractivity contribution in [2.24, 2.45) is 0 Å². The molecule has 0 aliphatic carbocycles. The van der Waals surface area contributed by atoms with Crippen LogP contribution in [0.2, 0.25) is 0 Å². The number of carboxylic acids is 1. The largest absolute Gasteiger partial charge is 0.481 e. The van der Waals surface area contributed by atoms with E-state index in [0.717, 1.165) is 29.3 Å². The van der Waals surface area contributed by atoms with E-state index in [4.69, 9.17) is 5.11 Å². The molecule has 0 saturated heterocycles. The third-order valence-corrected chi connectivity index (χ3v) is 5.09. The lowest BCUT2D eigenvalue weighted by Crippen LogP contribution is -2.20. The Bertz CT molecular complexity index is 417. The van der Waals surface area contributed by atoms with Crippen LogP contribution in [-0.2, 0) is 28.6 Å². The minimum atomic E-state index is -0.796. The van der Waals surface area contributed by atoms with Gasteiger partial charge in [-0.2, -0.15) is 0 Å². The van der Waals surface area contributed by atoms with Crippen LogP contribution in [0.15, 0.2) is 12.1 Å². The quantitative estimate of drug-likeness (QED) is 0.714. The van der Waals surface area contributed by atoms with Crippen LogP contribution >= 0.6 is 11.3 Å². The summed E-state index contributed by atoms with van der Waals surface area (Å²) < 4.78 is 11.1. The van der Waals surface area contributed by atoms with Crippen molar-refractivity contribution in [2.75, 3.05) is 12.8 Å². The van der Waals surface area contributed by atoms with Crippen LogP contribution in [0.4, 0.5) is 0 Å². The second-order valence-electron chi connectivity index (χ2n) is 4.21. The fourth-order valence-electron chi connectivity index (χ4n) is 1.44. The SMILES string of the molecule is CC(CCNCc1ccc(CC(=O)O)s1)S(C)=O. The molecule has 1 aromatic heterocycles. The van der Waals surface area contributed by atoms with Crippen molar-refractivity contribution in [3.63, 3.8) is 0 Å². The highest BCUT2D eigenvalue weighted by Gasteiger charge is 2.06. The molecule has 0 bridgehead atoms. The van der Waals surface area contributed by atoms with Gasteiger partial charge in [0.25, 0.3) is 0 Å². The topological polar surface area (TPSA) is 66.4 Å². The Balaban J connectivity index is 2.25. The van der Waals surface area contributed by atoms with Crippen LogP contribution in [-0.4, -0.2) is 33.3 Å². The van der Waals surface area contributed by atoms with E-state index in [1.54, 1.807) is 6.26 Å². The summed E-state index contributed by atoms with van der Waals surface area (Å²) >= 11 is 1.52. The van der Waals surface area contributed by atoms with Gasteiger partial charge in [0.2, 0.25) is 0 Å². The van der Waals surface area contributed by atoms with Gasteiger partial charge in [-0.1, -0.05) is 6.92 Å². The van der Waals surface area contributed by atoms with Gasteiger partial charge < -0.3 is 10.4 Å². The lowest BCUT2D eigenvalue weighted by Gasteiger charge is -2.08. The van der Waals surface area contributed by atoms with Crippen LogP contribution in [0.1, 0.15) is 23.1 Å². The van der Waals surface area contributed by atoms with Gasteiger partial charge in [-0.3, -0.25) is 9.00 Å². The summed E-state index contributed by atoms with van der Waals surface area (Å²) in [5, 5.41) is 12.2. The average molecular weight is 289 g/mol. The molecule has 6 heteroatoms. The standard InChI is InChI=1S/C12H19NO3S2/c1-9(18(2)16)5-6-13-8-11-4-3-10(17-11)7-12(14)15/h3-4,9,13H,5-8H2,1-2H3,(H,14,15). The first-order valence-electron chi connectivity index (χ1n) is 5.81. The first-order valence-corrected chi connectivity index (χ1v) is 8.25. The normalized spacial score (nSPS) is 14.3. The van der Waals surface area contributed by atoms with Crippen LogP contribution in [0.25, 0.3) is 0 Å². The lowest BCUT2D eigenvalue weighted by atomic mass is 10.3. The smallest absolute Gasteiger partial charge is 0.308 e.